The minimum absolute atomic E-state index is 0.0841. The molecule has 2 unspecified atom stereocenters. The normalized spacial score (nSPS) is 21.7. The Hall–Kier alpha value is -1.09. The predicted molar refractivity (Wildman–Crippen MR) is 57.5 cm³/mol. The Balaban J connectivity index is 2.36. The quantitative estimate of drug-likeness (QED) is 0.768. The summed E-state index contributed by atoms with van der Waals surface area (Å²) < 4.78 is 18.9. The molecule has 2 nitrogen and oxygen atoms in total. The third-order valence-corrected chi connectivity index (χ3v) is 3.10. The number of hydrogen-bond donors (Lipinski definition) is 1. The van der Waals surface area contributed by atoms with Gasteiger partial charge >= 0.3 is 0 Å². The van der Waals surface area contributed by atoms with Gasteiger partial charge in [-0.15, -0.1) is 0 Å². The van der Waals surface area contributed by atoms with Gasteiger partial charge in [0.15, 0.2) is 11.6 Å². The van der Waals surface area contributed by atoms with Gasteiger partial charge in [-0.3, -0.25) is 0 Å². The third kappa shape index (κ3) is 1.84. The molecule has 0 fully saturated rings. The summed E-state index contributed by atoms with van der Waals surface area (Å²) in [6, 6.07) is 3.34. The zero-order chi connectivity index (χ0) is 11.0. The molecule has 1 aliphatic heterocycles. The first-order valence-corrected chi connectivity index (χ1v) is 5.26. The molecule has 2 atom stereocenters. The van der Waals surface area contributed by atoms with Crippen LogP contribution in [0.15, 0.2) is 12.1 Å². The van der Waals surface area contributed by atoms with Crippen LogP contribution in [-0.2, 0) is 6.42 Å². The lowest BCUT2D eigenvalue weighted by Crippen LogP contribution is -2.35. The second-order valence-electron chi connectivity index (χ2n) is 4.31. The van der Waals surface area contributed by atoms with Crippen molar-refractivity contribution >= 4 is 0 Å². The molecule has 2 rings (SSSR count). The van der Waals surface area contributed by atoms with Crippen LogP contribution in [0.2, 0.25) is 0 Å². The Morgan fingerprint density at radius 2 is 2.27 bits per heavy atom. The van der Waals surface area contributed by atoms with E-state index in [2.05, 4.69) is 0 Å². The standard InChI is InChI=1S/C12H16FNO/c1-7-3-4-11(13)12-10(7)5-9(6-15-12)8(2)14/h3-4,8-9H,5-6,14H2,1-2H3. The molecule has 0 bridgehead atoms. The zero-order valence-electron chi connectivity index (χ0n) is 9.09. The number of rotatable bonds is 1. The molecule has 0 spiro atoms. The molecule has 15 heavy (non-hydrogen) atoms. The molecule has 1 aliphatic rings. The Morgan fingerprint density at radius 1 is 1.53 bits per heavy atom. The number of benzene rings is 1. The molecule has 0 aliphatic carbocycles. The van der Waals surface area contributed by atoms with Crippen molar-refractivity contribution in [2.45, 2.75) is 26.3 Å². The molecule has 0 saturated heterocycles. The van der Waals surface area contributed by atoms with Gasteiger partial charge < -0.3 is 10.5 Å². The Labute approximate surface area is 89.2 Å². The van der Waals surface area contributed by atoms with Gasteiger partial charge in [0.1, 0.15) is 0 Å². The smallest absolute Gasteiger partial charge is 0.165 e. The van der Waals surface area contributed by atoms with E-state index in [4.69, 9.17) is 10.5 Å². The highest BCUT2D eigenvalue weighted by atomic mass is 19.1. The van der Waals surface area contributed by atoms with Crippen molar-refractivity contribution in [1.82, 2.24) is 0 Å². The minimum atomic E-state index is -0.265. The summed E-state index contributed by atoms with van der Waals surface area (Å²) in [4.78, 5) is 0. The molecule has 0 aromatic heterocycles. The van der Waals surface area contributed by atoms with Crippen LogP contribution in [0.25, 0.3) is 0 Å². The number of aryl methyl sites for hydroxylation is 1. The fourth-order valence-electron chi connectivity index (χ4n) is 1.96. The van der Waals surface area contributed by atoms with Crippen LogP contribution < -0.4 is 10.5 Å². The van der Waals surface area contributed by atoms with Crippen LogP contribution in [-0.4, -0.2) is 12.6 Å². The first-order valence-electron chi connectivity index (χ1n) is 5.26. The number of fused-ring (bicyclic) bond motifs is 1. The van der Waals surface area contributed by atoms with Gasteiger partial charge in [0.2, 0.25) is 0 Å². The number of nitrogens with two attached hydrogens (primary N) is 1. The molecule has 0 radical (unpaired) electrons. The second kappa shape index (κ2) is 3.81. The highest BCUT2D eigenvalue weighted by molar-refractivity contribution is 5.42. The predicted octanol–water partition coefficient (Wildman–Crippen LogP) is 2.03. The van der Waals surface area contributed by atoms with Crippen LogP contribution in [0, 0.1) is 18.7 Å². The average molecular weight is 209 g/mol. The van der Waals surface area contributed by atoms with E-state index in [9.17, 15) is 4.39 Å². The fraction of sp³-hybridized carbons (Fsp3) is 0.500. The van der Waals surface area contributed by atoms with Crippen molar-refractivity contribution in [3.8, 4) is 5.75 Å². The van der Waals surface area contributed by atoms with Gasteiger partial charge in [-0.1, -0.05) is 6.07 Å². The number of hydrogen-bond acceptors (Lipinski definition) is 2. The van der Waals surface area contributed by atoms with Crippen molar-refractivity contribution in [3.63, 3.8) is 0 Å². The van der Waals surface area contributed by atoms with Crippen molar-refractivity contribution in [2.75, 3.05) is 6.61 Å². The zero-order valence-corrected chi connectivity index (χ0v) is 9.09. The van der Waals surface area contributed by atoms with Crippen molar-refractivity contribution in [1.29, 1.82) is 0 Å². The van der Waals surface area contributed by atoms with E-state index in [0.29, 0.717) is 12.4 Å². The first kappa shape index (κ1) is 10.4. The maximum atomic E-state index is 13.4. The summed E-state index contributed by atoms with van der Waals surface area (Å²) in [7, 11) is 0. The lowest BCUT2D eigenvalue weighted by atomic mass is 9.89. The SMILES string of the molecule is Cc1ccc(F)c2c1CC(C(C)N)CO2. The van der Waals surface area contributed by atoms with Gasteiger partial charge in [0.05, 0.1) is 6.61 Å². The molecule has 1 aromatic carbocycles. The molecule has 1 heterocycles. The number of halogens is 1. The summed E-state index contributed by atoms with van der Waals surface area (Å²) in [6.45, 7) is 4.46. The molecule has 2 N–H and O–H groups in total. The molecule has 1 aromatic rings. The topological polar surface area (TPSA) is 35.2 Å². The van der Waals surface area contributed by atoms with E-state index in [0.717, 1.165) is 17.5 Å². The lowest BCUT2D eigenvalue weighted by molar-refractivity contribution is 0.195. The maximum absolute atomic E-state index is 13.4. The van der Waals surface area contributed by atoms with E-state index in [-0.39, 0.29) is 17.8 Å². The molecular formula is C12H16FNO. The fourth-order valence-corrected chi connectivity index (χ4v) is 1.96. The lowest BCUT2D eigenvalue weighted by Gasteiger charge is -2.29. The van der Waals surface area contributed by atoms with E-state index in [1.807, 2.05) is 13.8 Å². The second-order valence-corrected chi connectivity index (χ2v) is 4.31. The minimum Gasteiger partial charge on any atom is -0.490 e. The average Bonchev–Trinajstić information content (AvgIpc) is 2.23. The van der Waals surface area contributed by atoms with E-state index in [1.54, 1.807) is 6.07 Å². The molecule has 0 amide bonds. The van der Waals surface area contributed by atoms with Crippen LogP contribution >= 0.6 is 0 Å². The van der Waals surface area contributed by atoms with Crippen LogP contribution in [0.4, 0.5) is 4.39 Å². The largest absolute Gasteiger partial charge is 0.490 e. The maximum Gasteiger partial charge on any atom is 0.165 e. The molecule has 82 valence electrons. The Morgan fingerprint density at radius 3 is 2.93 bits per heavy atom. The number of ether oxygens (including phenoxy) is 1. The van der Waals surface area contributed by atoms with Gasteiger partial charge in [-0.25, -0.2) is 4.39 Å². The van der Waals surface area contributed by atoms with Crippen molar-refractivity contribution in [2.24, 2.45) is 11.7 Å². The van der Waals surface area contributed by atoms with Gasteiger partial charge in [0, 0.05) is 17.5 Å². The summed E-state index contributed by atoms with van der Waals surface area (Å²) in [6.07, 6.45) is 0.816. The molecule has 0 saturated carbocycles. The summed E-state index contributed by atoms with van der Waals surface area (Å²) >= 11 is 0. The summed E-state index contributed by atoms with van der Waals surface area (Å²) in [5.41, 5.74) is 7.89. The molecular weight excluding hydrogens is 193 g/mol. The summed E-state index contributed by atoms with van der Waals surface area (Å²) in [5.74, 6) is 0.448. The monoisotopic (exact) mass is 209 g/mol. The Kier molecular flexibility index (Phi) is 2.65. The van der Waals surface area contributed by atoms with Crippen LogP contribution in [0.3, 0.4) is 0 Å². The third-order valence-electron chi connectivity index (χ3n) is 3.10. The highest BCUT2D eigenvalue weighted by Crippen LogP contribution is 2.33. The van der Waals surface area contributed by atoms with Gasteiger partial charge in [-0.2, -0.15) is 0 Å². The molecule has 3 heteroatoms. The van der Waals surface area contributed by atoms with Gasteiger partial charge in [-0.05, 0) is 31.9 Å². The van der Waals surface area contributed by atoms with Gasteiger partial charge in [0.25, 0.3) is 0 Å². The van der Waals surface area contributed by atoms with Crippen LogP contribution in [0.5, 0.6) is 5.75 Å². The Bertz CT molecular complexity index is 376. The van der Waals surface area contributed by atoms with E-state index in [1.165, 1.54) is 6.07 Å². The summed E-state index contributed by atoms with van der Waals surface area (Å²) in [5, 5.41) is 0. The van der Waals surface area contributed by atoms with Crippen molar-refractivity contribution < 1.29 is 9.13 Å². The van der Waals surface area contributed by atoms with E-state index < -0.39 is 0 Å². The highest BCUT2D eigenvalue weighted by Gasteiger charge is 2.26. The van der Waals surface area contributed by atoms with Crippen LogP contribution in [0.1, 0.15) is 18.1 Å². The van der Waals surface area contributed by atoms with Crippen molar-refractivity contribution in [3.05, 3.63) is 29.1 Å². The first-order chi connectivity index (χ1) is 7.09. The van der Waals surface area contributed by atoms with E-state index >= 15 is 0 Å².